The summed E-state index contributed by atoms with van der Waals surface area (Å²) >= 11 is 0. The second kappa shape index (κ2) is 12.4. The average molecular weight is 520 g/mol. The lowest BCUT2D eigenvalue weighted by atomic mass is 10.2. The largest absolute Gasteiger partial charge is 0.490 e. The molecule has 0 aliphatic heterocycles. The number of aromatic carboxylic acids is 1. The van der Waals surface area contributed by atoms with Crippen LogP contribution in [0.25, 0.3) is 0 Å². The molecule has 2 aromatic rings. The molecule has 9 nitrogen and oxygen atoms in total. The predicted molar refractivity (Wildman–Crippen MR) is 124 cm³/mol. The van der Waals surface area contributed by atoms with E-state index in [1.807, 2.05) is 38.7 Å². The Kier molecular flexibility index (Phi) is 10.5. The van der Waals surface area contributed by atoms with Crippen molar-refractivity contribution in [3.63, 3.8) is 0 Å². The number of carboxylic acids is 2. The summed E-state index contributed by atoms with van der Waals surface area (Å²) < 4.78 is 59.6. The summed E-state index contributed by atoms with van der Waals surface area (Å²) in [4.78, 5) is 27.0. The molecule has 35 heavy (non-hydrogen) atoms. The van der Waals surface area contributed by atoms with Crippen LogP contribution in [0.2, 0.25) is 0 Å². The first-order valence-electron chi connectivity index (χ1n) is 10.5. The fraction of sp³-hybridized carbons (Fsp3) is 0.409. The van der Waals surface area contributed by atoms with Gasteiger partial charge in [0.1, 0.15) is 11.4 Å². The number of aryl methyl sites for hydroxylation is 2. The molecular formula is C22H28F3N3O6S. The number of alkyl halides is 3. The van der Waals surface area contributed by atoms with E-state index in [1.54, 1.807) is 12.1 Å². The minimum Gasteiger partial charge on any atom is -0.478 e. The van der Waals surface area contributed by atoms with Crippen molar-refractivity contribution >= 4 is 33.5 Å². The van der Waals surface area contributed by atoms with Gasteiger partial charge in [0.15, 0.2) is 0 Å². The zero-order valence-corrected chi connectivity index (χ0v) is 20.5. The summed E-state index contributed by atoms with van der Waals surface area (Å²) in [7, 11) is -3.85. The van der Waals surface area contributed by atoms with Crippen LogP contribution in [0.5, 0.6) is 0 Å². The van der Waals surface area contributed by atoms with E-state index in [-0.39, 0.29) is 16.1 Å². The van der Waals surface area contributed by atoms with Crippen LogP contribution in [-0.4, -0.2) is 54.8 Å². The third kappa shape index (κ3) is 9.08. The smallest absolute Gasteiger partial charge is 0.478 e. The van der Waals surface area contributed by atoms with Crippen molar-refractivity contribution < 1.29 is 41.4 Å². The molecule has 0 fully saturated rings. The van der Waals surface area contributed by atoms with E-state index in [0.29, 0.717) is 18.9 Å². The number of benzene rings is 1. The van der Waals surface area contributed by atoms with E-state index >= 15 is 0 Å². The fourth-order valence-electron chi connectivity index (χ4n) is 3.09. The van der Waals surface area contributed by atoms with Crippen LogP contribution in [0, 0.1) is 13.8 Å². The SMILES string of the molecule is CCCN(CCC)c1ncc(NS(=O)(=O)c2cc(C)cc(C)c2)cc1C(=O)O.O=C(O)C(F)(F)F. The first-order chi connectivity index (χ1) is 16.1. The number of carboxylic acid groups (broad SMARTS) is 2. The molecule has 1 aromatic heterocycles. The molecule has 0 unspecified atom stereocenters. The van der Waals surface area contributed by atoms with Crippen molar-refractivity contribution in [2.24, 2.45) is 0 Å². The molecule has 1 heterocycles. The van der Waals surface area contributed by atoms with Crippen LogP contribution in [-0.2, 0) is 14.8 Å². The van der Waals surface area contributed by atoms with Gasteiger partial charge in [-0.25, -0.2) is 23.0 Å². The van der Waals surface area contributed by atoms with E-state index in [0.717, 1.165) is 24.0 Å². The standard InChI is InChI=1S/C20H27N3O4S.C2HF3O2/c1-5-7-23(8-6-2)19-18(20(24)25)12-16(13-21-19)22-28(26,27)17-10-14(3)9-15(4)11-17;3-2(4,5)1(6)7/h9-13,22H,5-8H2,1-4H3,(H,24,25);(H,6,7). The topological polar surface area (TPSA) is 137 Å². The van der Waals surface area contributed by atoms with Gasteiger partial charge in [-0.3, -0.25) is 4.72 Å². The van der Waals surface area contributed by atoms with Crippen molar-refractivity contribution in [2.75, 3.05) is 22.7 Å². The molecule has 1 aromatic carbocycles. The summed E-state index contributed by atoms with van der Waals surface area (Å²) in [5.74, 6) is -3.55. The number of sulfonamides is 1. The van der Waals surface area contributed by atoms with E-state index < -0.39 is 28.1 Å². The highest BCUT2D eigenvalue weighted by molar-refractivity contribution is 7.92. The number of aromatic nitrogens is 1. The maximum absolute atomic E-state index is 12.7. The van der Waals surface area contributed by atoms with Crippen LogP contribution in [0.4, 0.5) is 24.7 Å². The Balaban J connectivity index is 0.000000762. The van der Waals surface area contributed by atoms with E-state index in [2.05, 4.69) is 9.71 Å². The highest BCUT2D eigenvalue weighted by Gasteiger charge is 2.38. The minimum atomic E-state index is -5.08. The molecular weight excluding hydrogens is 491 g/mol. The summed E-state index contributed by atoms with van der Waals surface area (Å²) in [6.45, 7) is 9.01. The molecule has 13 heteroatoms. The molecule has 0 radical (unpaired) electrons. The summed E-state index contributed by atoms with van der Waals surface area (Å²) in [6.07, 6.45) is -2.02. The monoisotopic (exact) mass is 519 g/mol. The van der Waals surface area contributed by atoms with Gasteiger partial charge in [0, 0.05) is 13.1 Å². The van der Waals surface area contributed by atoms with Crippen molar-refractivity contribution in [3.8, 4) is 0 Å². The quantitative estimate of drug-likeness (QED) is 0.442. The molecule has 194 valence electrons. The molecule has 0 aliphatic carbocycles. The van der Waals surface area contributed by atoms with Gasteiger partial charge < -0.3 is 15.1 Å². The zero-order chi connectivity index (χ0) is 27.0. The summed E-state index contributed by atoms with van der Waals surface area (Å²) in [6, 6.07) is 6.34. The number of anilines is 2. The second-order valence-corrected chi connectivity index (χ2v) is 9.30. The first-order valence-corrected chi connectivity index (χ1v) is 12.0. The van der Waals surface area contributed by atoms with Crippen molar-refractivity contribution in [1.82, 2.24) is 4.98 Å². The highest BCUT2D eigenvalue weighted by Crippen LogP contribution is 2.24. The van der Waals surface area contributed by atoms with Gasteiger partial charge in [-0.05, 0) is 56.0 Å². The molecule has 3 N–H and O–H groups in total. The van der Waals surface area contributed by atoms with Gasteiger partial charge in [-0.15, -0.1) is 0 Å². The zero-order valence-electron chi connectivity index (χ0n) is 19.7. The number of carbonyl (C=O) groups is 2. The van der Waals surface area contributed by atoms with Crippen LogP contribution in [0.3, 0.4) is 0 Å². The van der Waals surface area contributed by atoms with Crippen molar-refractivity contribution in [2.45, 2.75) is 51.6 Å². The minimum absolute atomic E-state index is 0.0254. The second-order valence-electron chi connectivity index (χ2n) is 7.62. The number of rotatable bonds is 9. The van der Waals surface area contributed by atoms with Gasteiger partial charge in [0.2, 0.25) is 0 Å². The van der Waals surface area contributed by atoms with Gasteiger partial charge in [0.25, 0.3) is 10.0 Å². The van der Waals surface area contributed by atoms with Crippen molar-refractivity contribution in [1.29, 1.82) is 0 Å². The van der Waals surface area contributed by atoms with Gasteiger partial charge in [-0.1, -0.05) is 19.9 Å². The summed E-state index contributed by atoms with van der Waals surface area (Å²) in [5, 5.41) is 16.7. The predicted octanol–water partition coefficient (Wildman–Crippen LogP) is 4.46. The lowest BCUT2D eigenvalue weighted by molar-refractivity contribution is -0.192. The molecule has 0 spiro atoms. The van der Waals surface area contributed by atoms with Gasteiger partial charge in [-0.2, -0.15) is 13.2 Å². The van der Waals surface area contributed by atoms with Crippen LogP contribution in [0.1, 0.15) is 48.2 Å². The molecule has 0 bridgehead atoms. The lowest BCUT2D eigenvalue weighted by Gasteiger charge is -2.24. The third-order valence-electron chi connectivity index (χ3n) is 4.38. The van der Waals surface area contributed by atoms with E-state index in [9.17, 15) is 31.5 Å². The van der Waals surface area contributed by atoms with Crippen LogP contribution in [0.15, 0.2) is 35.4 Å². The molecule has 0 atom stereocenters. The number of nitrogens with one attached hydrogen (secondary N) is 1. The van der Waals surface area contributed by atoms with Crippen molar-refractivity contribution in [3.05, 3.63) is 47.2 Å². The number of aliphatic carboxylic acids is 1. The van der Waals surface area contributed by atoms with Gasteiger partial charge >= 0.3 is 18.1 Å². The number of hydrogen-bond acceptors (Lipinski definition) is 6. The number of nitrogens with zero attached hydrogens (tertiary/aromatic N) is 2. The molecule has 0 amide bonds. The maximum Gasteiger partial charge on any atom is 0.490 e. The molecule has 0 saturated heterocycles. The maximum atomic E-state index is 12.7. The Bertz CT molecular complexity index is 1130. The third-order valence-corrected chi connectivity index (χ3v) is 5.74. The number of hydrogen-bond donors (Lipinski definition) is 3. The number of pyridine rings is 1. The number of halogens is 3. The normalized spacial score (nSPS) is 11.3. The Morgan fingerprint density at radius 2 is 1.49 bits per heavy atom. The molecule has 0 saturated carbocycles. The highest BCUT2D eigenvalue weighted by atomic mass is 32.2. The Labute approximate surface area is 201 Å². The first kappa shape index (κ1) is 29.7. The van der Waals surface area contributed by atoms with Crippen LogP contribution < -0.4 is 9.62 Å². The van der Waals surface area contributed by atoms with Gasteiger partial charge in [0.05, 0.1) is 16.8 Å². The molecule has 0 aliphatic rings. The molecule has 2 rings (SSSR count). The van der Waals surface area contributed by atoms with E-state index in [4.69, 9.17) is 9.90 Å². The average Bonchev–Trinajstić information content (AvgIpc) is 2.72. The Hall–Kier alpha value is -3.35. The Morgan fingerprint density at radius 3 is 1.89 bits per heavy atom. The Morgan fingerprint density at radius 1 is 1.00 bits per heavy atom. The fourth-order valence-corrected chi connectivity index (χ4v) is 4.31. The summed E-state index contributed by atoms with van der Waals surface area (Å²) in [5.41, 5.74) is 1.75. The lowest BCUT2D eigenvalue weighted by Crippen LogP contribution is -2.28. The van der Waals surface area contributed by atoms with Crippen LogP contribution >= 0.6 is 0 Å². The van der Waals surface area contributed by atoms with E-state index in [1.165, 1.54) is 12.3 Å².